The van der Waals surface area contributed by atoms with Gasteiger partial charge in [-0.3, -0.25) is 4.79 Å². The number of rotatable bonds is 2. The van der Waals surface area contributed by atoms with Crippen LogP contribution in [0.5, 0.6) is 0 Å². The minimum Gasteiger partial charge on any atom is -0.352 e. The SMILES string of the molecule is C[C@H]1C[C@H]1C(=O)N1CCN(c2ncccc2Cl)CC1. The summed E-state index contributed by atoms with van der Waals surface area (Å²) in [5.74, 6) is 2.02. The van der Waals surface area contributed by atoms with Gasteiger partial charge in [-0.15, -0.1) is 0 Å². The number of carbonyl (C=O) groups is 1. The van der Waals surface area contributed by atoms with Crippen LogP contribution in [0.25, 0.3) is 0 Å². The first-order valence-electron chi connectivity index (χ1n) is 6.81. The zero-order valence-corrected chi connectivity index (χ0v) is 11.8. The fourth-order valence-corrected chi connectivity index (χ4v) is 2.89. The standard InChI is InChI=1S/C14H18ClN3O/c1-10-9-11(10)14(19)18-7-5-17(6-8-18)13-12(15)3-2-4-16-13/h2-4,10-11H,5-9H2,1H3/t10-,11+/m0/s1. The van der Waals surface area contributed by atoms with Gasteiger partial charge in [0.2, 0.25) is 5.91 Å². The van der Waals surface area contributed by atoms with Crippen molar-refractivity contribution < 1.29 is 4.79 Å². The third kappa shape index (κ3) is 2.54. The number of anilines is 1. The van der Waals surface area contributed by atoms with Crippen molar-refractivity contribution in [1.82, 2.24) is 9.88 Å². The van der Waals surface area contributed by atoms with Gasteiger partial charge in [-0.1, -0.05) is 18.5 Å². The van der Waals surface area contributed by atoms with E-state index in [0.717, 1.165) is 38.4 Å². The summed E-state index contributed by atoms with van der Waals surface area (Å²) in [7, 11) is 0. The van der Waals surface area contributed by atoms with E-state index in [1.165, 1.54) is 0 Å². The van der Waals surface area contributed by atoms with Gasteiger partial charge in [0, 0.05) is 38.3 Å². The summed E-state index contributed by atoms with van der Waals surface area (Å²) >= 11 is 6.15. The van der Waals surface area contributed by atoms with Gasteiger partial charge in [0.05, 0.1) is 5.02 Å². The van der Waals surface area contributed by atoms with E-state index in [-0.39, 0.29) is 5.92 Å². The van der Waals surface area contributed by atoms with Crippen LogP contribution in [0.1, 0.15) is 13.3 Å². The number of halogens is 1. The molecule has 2 fully saturated rings. The van der Waals surface area contributed by atoms with E-state index in [1.807, 2.05) is 17.0 Å². The number of nitrogens with zero attached hydrogens (tertiary/aromatic N) is 3. The van der Waals surface area contributed by atoms with Gasteiger partial charge >= 0.3 is 0 Å². The van der Waals surface area contributed by atoms with E-state index in [2.05, 4.69) is 16.8 Å². The lowest BCUT2D eigenvalue weighted by Gasteiger charge is -2.35. The van der Waals surface area contributed by atoms with Gasteiger partial charge in [-0.2, -0.15) is 0 Å². The third-order valence-electron chi connectivity index (χ3n) is 4.06. The smallest absolute Gasteiger partial charge is 0.226 e. The first-order valence-corrected chi connectivity index (χ1v) is 7.19. The predicted octanol–water partition coefficient (Wildman–Crippen LogP) is 2.04. The third-order valence-corrected chi connectivity index (χ3v) is 4.35. The highest BCUT2D eigenvalue weighted by atomic mass is 35.5. The fourth-order valence-electron chi connectivity index (χ4n) is 2.65. The molecule has 19 heavy (non-hydrogen) atoms. The largest absolute Gasteiger partial charge is 0.352 e. The molecule has 1 aliphatic heterocycles. The number of carbonyl (C=O) groups excluding carboxylic acids is 1. The Hall–Kier alpha value is -1.29. The van der Waals surface area contributed by atoms with E-state index in [9.17, 15) is 4.79 Å². The average molecular weight is 280 g/mol. The van der Waals surface area contributed by atoms with Crippen molar-refractivity contribution in [1.29, 1.82) is 0 Å². The Balaban J connectivity index is 1.60. The Morgan fingerprint density at radius 3 is 2.63 bits per heavy atom. The molecule has 0 spiro atoms. The second-order valence-corrected chi connectivity index (χ2v) is 5.85. The van der Waals surface area contributed by atoms with Crippen LogP contribution < -0.4 is 4.90 Å². The Labute approximate surface area is 118 Å². The molecule has 2 aliphatic rings. The van der Waals surface area contributed by atoms with Gasteiger partial charge in [0.1, 0.15) is 5.82 Å². The van der Waals surface area contributed by atoms with Crippen LogP contribution in [-0.4, -0.2) is 42.0 Å². The van der Waals surface area contributed by atoms with E-state index < -0.39 is 0 Å². The molecule has 4 nitrogen and oxygen atoms in total. The molecule has 5 heteroatoms. The maximum atomic E-state index is 12.1. The minimum absolute atomic E-state index is 0.282. The molecule has 1 aromatic rings. The first kappa shape index (κ1) is 12.7. The molecule has 0 N–H and O–H groups in total. The molecule has 3 rings (SSSR count). The number of aromatic nitrogens is 1. The summed E-state index contributed by atoms with van der Waals surface area (Å²) < 4.78 is 0. The highest BCUT2D eigenvalue weighted by molar-refractivity contribution is 6.32. The molecule has 1 saturated carbocycles. The quantitative estimate of drug-likeness (QED) is 0.831. The number of hydrogen-bond donors (Lipinski definition) is 0. The second kappa shape index (κ2) is 5.00. The van der Waals surface area contributed by atoms with E-state index >= 15 is 0 Å². The minimum atomic E-state index is 0.282. The van der Waals surface area contributed by atoms with Gasteiger partial charge in [0.25, 0.3) is 0 Å². The molecule has 102 valence electrons. The maximum absolute atomic E-state index is 12.1. The van der Waals surface area contributed by atoms with Crippen molar-refractivity contribution in [2.75, 3.05) is 31.1 Å². The highest BCUT2D eigenvalue weighted by Gasteiger charge is 2.42. The summed E-state index contributed by atoms with van der Waals surface area (Å²) in [6.45, 7) is 5.31. The second-order valence-electron chi connectivity index (χ2n) is 5.44. The van der Waals surface area contributed by atoms with Crippen LogP contribution >= 0.6 is 11.6 Å². The lowest BCUT2D eigenvalue weighted by atomic mass is 10.2. The average Bonchev–Trinajstić information content (AvgIpc) is 3.16. The van der Waals surface area contributed by atoms with Crippen molar-refractivity contribution in [3.05, 3.63) is 23.4 Å². The van der Waals surface area contributed by atoms with Crippen molar-refractivity contribution >= 4 is 23.3 Å². The van der Waals surface area contributed by atoms with Gasteiger partial charge < -0.3 is 9.80 Å². The molecule has 0 bridgehead atoms. The maximum Gasteiger partial charge on any atom is 0.226 e. The summed E-state index contributed by atoms with van der Waals surface area (Å²) in [4.78, 5) is 20.6. The van der Waals surface area contributed by atoms with Crippen LogP contribution in [0.3, 0.4) is 0 Å². The van der Waals surface area contributed by atoms with Crippen LogP contribution in [0, 0.1) is 11.8 Å². The Morgan fingerprint density at radius 1 is 1.37 bits per heavy atom. The monoisotopic (exact) mass is 279 g/mol. The summed E-state index contributed by atoms with van der Waals surface area (Å²) in [6.07, 6.45) is 2.82. The van der Waals surface area contributed by atoms with Crippen molar-refractivity contribution in [2.24, 2.45) is 11.8 Å². The molecule has 0 aromatic carbocycles. The van der Waals surface area contributed by atoms with Crippen LogP contribution in [0.2, 0.25) is 5.02 Å². The summed E-state index contributed by atoms with van der Waals surface area (Å²) in [6, 6.07) is 3.69. The number of piperazine rings is 1. The lowest BCUT2D eigenvalue weighted by Crippen LogP contribution is -2.49. The summed E-state index contributed by atoms with van der Waals surface area (Å²) in [5.41, 5.74) is 0. The normalized spacial score (nSPS) is 26.4. The first-order chi connectivity index (χ1) is 9.16. The molecule has 1 aromatic heterocycles. The lowest BCUT2D eigenvalue weighted by molar-refractivity contribution is -0.133. The molecular formula is C14H18ClN3O. The number of hydrogen-bond acceptors (Lipinski definition) is 3. The van der Waals surface area contributed by atoms with Gasteiger partial charge in [0.15, 0.2) is 0 Å². The molecular weight excluding hydrogens is 262 g/mol. The van der Waals surface area contributed by atoms with E-state index in [0.29, 0.717) is 16.8 Å². The predicted molar refractivity (Wildman–Crippen MR) is 75.3 cm³/mol. The molecule has 0 unspecified atom stereocenters. The zero-order valence-electron chi connectivity index (χ0n) is 11.1. The van der Waals surface area contributed by atoms with E-state index in [1.54, 1.807) is 6.20 Å². The molecule has 1 aliphatic carbocycles. The molecule has 1 amide bonds. The van der Waals surface area contributed by atoms with Crippen molar-refractivity contribution in [3.8, 4) is 0 Å². The van der Waals surface area contributed by atoms with Gasteiger partial charge in [-0.05, 0) is 24.5 Å². The molecule has 0 radical (unpaired) electrons. The van der Waals surface area contributed by atoms with Crippen molar-refractivity contribution in [2.45, 2.75) is 13.3 Å². The van der Waals surface area contributed by atoms with E-state index in [4.69, 9.17) is 11.6 Å². The topological polar surface area (TPSA) is 36.4 Å². The number of amides is 1. The van der Waals surface area contributed by atoms with Crippen LogP contribution in [0.4, 0.5) is 5.82 Å². The van der Waals surface area contributed by atoms with Crippen LogP contribution in [0.15, 0.2) is 18.3 Å². The number of pyridine rings is 1. The zero-order chi connectivity index (χ0) is 13.4. The highest BCUT2D eigenvalue weighted by Crippen LogP contribution is 2.39. The van der Waals surface area contributed by atoms with Crippen molar-refractivity contribution in [3.63, 3.8) is 0 Å². The fraction of sp³-hybridized carbons (Fsp3) is 0.571. The Bertz CT molecular complexity index is 485. The van der Waals surface area contributed by atoms with Crippen LogP contribution in [-0.2, 0) is 4.79 Å². The summed E-state index contributed by atoms with van der Waals surface area (Å²) in [5, 5.41) is 0.679. The Kier molecular flexibility index (Phi) is 3.35. The molecule has 2 heterocycles. The molecule has 2 atom stereocenters. The van der Waals surface area contributed by atoms with Gasteiger partial charge in [-0.25, -0.2) is 4.98 Å². The molecule has 1 saturated heterocycles. The Morgan fingerprint density at radius 2 is 2.05 bits per heavy atom.